The van der Waals surface area contributed by atoms with Crippen molar-refractivity contribution in [3.63, 3.8) is 0 Å². The zero-order valence-electron chi connectivity index (χ0n) is 12.5. The fourth-order valence-corrected chi connectivity index (χ4v) is 1.16. The first-order valence-corrected chi connectivity index (χ1v) is 5.91. The fraction of sp³-hybridized carbons (Fsp3) is 0.750. The largest absolute Gasteiger partial charge is 0.481 e. The van der Waals surface area contributed by atoms with Crippen LogP contribution in [0.1, 0.15) is 41.0 Å². The summed E-state index contributed by atoms with van der Waals surface area (Å²) in [6, 6.07) is -0.389. The Labute approximate surface area is 114 Å². The van der Waals surface area contributed by atoms with Gasteiger partial charge in [-0.3, -0.25) is 10.2 Å². The van der Waals surface area contributed by atoms with Gasteiger partial charge in [0.15, 0.2) is 0 Å². The van der Waals surface area contributed by atoms with Crippen LogP contribution in [0, 0.1) is 5.41 Å². The molecule has 4 N–H and O–H groups in total. The van der Waals surface area contributed by atoms with E-state index >= 15 is 0 Å². The number of aliphatic carboxylic acids is 1. The fourth-order valence-electron chi connectivity index (χ4n) is 1.16. The van der Waals surface area contributed by atoms with Gasteiger partial charge in [-0.15, -0.1) is 0 Å². The minimum atomic E-state index is -0.833. The quantitative estimate of drug-likeness (QED) is 0.535. The number of amides is 1. The average Bonchev–Trinajstić information content (AvgIpc) is 2.14. The number of carboxylic acids is 1. The van der Waals surface area contributed by atoms with Crippen molar-refractivity contribution in [3.05, 3.63) is 0 Å². The predicted octanol–water partition coefficient (Wildman–Crippen LogP) is 1.66. The topological polar surface area (TPSA) is 117 Å². The second-order valence-corrected chi connectivity index (χ2v) is 4.99. The summed E-state index contributed by atoms with van der Waals surface area (Å²) in [5, 5.41) is 14.8. The van der Waals surface area contributed by atoms with Crippen molar-refractivity contribution in [2.24, 2.45) is 5.73 Å². The standard InChI is InChI=1S/C10H21N3O2.C2H4O2/c1-6-7(8(11)12)13(5)9(14)15-10(2,3)4;1-2(3)4/h7H,6H2,1-5H3,(H3,11,12);1H3,(H,3,4). The lowest BCUT2D eigenvalue weighted by atomic mass is 10.2. The summed E-state index contributed by atoms with van der Waals surface area (Å²) in [4.78, 5) is 22.0. The Kier molecular flexibility index (Phi) is 8.58. The maximum atomic E-state index is 11.6. The number of amidine groups is 1. The van der Waals surface area contributed by atoms with Crippen LogP contribution in [0.5, 0.6) is 0 Å². The maximum Gasteiger partial charge on any atom is 0.410 e. The van der Waals surface area contributed by atoms with E-state index in [-0.39, 0.29) is 11.9 Å². The summed E-state index contributed by atoms with van der Waals surface area (Å²) in [7, 11) is 1.59. The van der Waals surface area contributed by atoms with Gasteiger partial charge in [0.05, 0.1) is 6.04 Å². The van der Waals surface area contributed by atoms with E-state index in [0.717, 1.165) is 6.92 Å². The number of carboxylic acid groups (broad SMARTS) is 1. The number of nitrogens with one attached hydrogen (secondary N) is 1. The maximum absolute atomic E-state index is 11.6. The third kappa shape index (κ3) is 11.1. The molecule has 19 heavy (non-hydrogen) atoms. The Morgan fingerprint density at radius 3 is 2.00 bits per heavy atom. The molecule has 0 bridgehead atoms. The summed E-state index contributed by atoms with van der Waals surface area (Å²) < 4.78 is 5.17. The van der Waals surface area contributed by atoms with Gasteiger partial charge < -0.3 is 20.5 Å². The van der Waals surface area contributed by atoms with E-state index in [0.29, 0.717) is 6.42 Å². The molecule has 0 aliphatic heterocycles. The zero-order chi connectivity index (χ0) is 15.8. The van der Waals surface area contributed by atoms with Crippen LogP contribution >= 0.6 is 0 Å². The highest BCUT2D eigenvalue weighted by molar-refractivity contribution is 5.86. The first-order chi connectivity index (χ1) is 8.42. The normalized spacial score (nSPS) is 11.7. The van der Waals surface area contributed by atoms with Crippen LogP contribution in [0.2, 0.25) is 0 Å². The Balaban J connectivity index is 0. The lowest BCUT2D eigenvalue weighted by molar-refractivity contribution is -0.134. The van der Waals surface area contributed by atoms with Gasteiger partial charge in [-0.1, -0.05) is 6.92 Å². The van der Waals surface area contributed by atoms with Crippen molar-refractivity contribution in [1.29, 1.82) is 5.41 Å². The Morgan fingerprint density at radius 1 is 1.42 bits per heavy atom. The lowest BCUT2D eigenvalue weighted by Crippen LogP contribution is -2.46. The molecule has 0 aliphatic rings. The molecule has 7 heteroatoms. The molecule has 0 heterocycles. The molecule has 0 fully saturated rings. The Bertz CT molecular complexity index is 319. The third-order valence-electron chi connectivity index (χ3n) is 1.89. The number of hydrogen-bond donors (Lipinski definition) is 3. The van der Waals surface area contributed by atoms with Crippen LogP contribution in [0.3, 0.4) is 0 Å². The molecular formula is C12H25N3O4. The van der Waals surface area contributed by atoms with Gasteiger partial charge in [0, 0.05) is 14.0 Å². The number of rotatable bonds is 3. The minimum Gasteiger partial charge on any atom is -0.481 e. The number of carbonyl (C=O) groups excluding carboxylic acids is 1. The first kappa shape index (κ1) is 19.5. The minimum absolute atomic E-state index is 0.0224. The van der Waals surface area contributed by atoms with Crippen molar-refractivity contribution < 1.29 is 19.4 Å². The van der Waals surface area contributed by atoms with Gasteiger partial charge in [0.2, 0.25) is 0 Å². The summed E-state index contributed by atoms with van der Waals surface area (Å²) in [5.74, 6) is -0.856. The Morgan fingerprint density at radius 2 is 1.79 bits per heavy atom. The lowest BCUT2D eigenvalue weighted by Gasteiger charge is -2.29. The summed E-state index contributed by atoms with van der Waals surface area (Å²) in [5.41, 5.74) is 4.86. The van der Waals surface area contributed by atoms with Crippen LogP contribution < -0.4 is 5.73 Å². The highest BCUT2D eigenvalue weighted by atomic mass is 16.6. The molecule has 0 spiro atoms. The monoisotopic (exact) mass is 275 g/mol. The molecule has 112 valence electrons. The summed E-state index contributed by atoms with van der Waals surface area (Å²) >= 11 is 0. The Hall–Kier alpha value is -1.79. The number of nitrogens with two attached hydrogens (primary N) is 1. The SMILES string of the molecule is CC(=O)O.CCC(C(=N)N)N(C)C(=O)OC(C)(C)C. The molecule has 0 aliphatic carbocycles. The van der Waals surface area contributed by atoms with E-state index in [1.165, 1.54) is 4.90 Å². The first-order valence-electron chi connectivity index (χ1n) is 5.91. The van der Waals surface area contributed by atoms with Gasteiger partial charge in [0.25, 0.3) is 5.97 Å². The molecule has 7 nitrogen and oxygen atoms in total. The number of nitrogens with zero attached hydrogens (tertiary/aromatic N) is 1. The van der Waals surface area contributed by atoms with Crippen LogP contribution in [0.25, 0.3) is 0 Å². The number of ether oxygens (including phenoxy) is 1. The second-order valence-electron chi connectivity index (χ2n) is 4.99. The van der Waals surface area contributed by atoms with Crippen molar-refractivity contribution in [1.82, 2.24) is 4.90 Å². The molecule has 0 radical (unpaired) electrons. The van der Waals surface area contributed by atoms with E-state index in [1.54, 1.807) is 27.8 Å². The van der Waals surface area contributed by atoms with Crippen molar-refractivity contribution in [2.45, 2.75) is 52.7 Å². The van der Waals surface area contributed by atoms with Crippen LogP contribution in [-0.4, -0.2) is 46.6 Å². The summed E-state index contributed by atoms with van der Waals surface area (Å²) in [6.07, 6.45) is 0.148. The van der Waals surface area contributed by atoms with E-state index in [1.807, 2.05) is 6.92 Å². The molecule has 0 aromatic carbocycles. The van der Waals surface area contributed by atoms with Gasteiger partial charge >= 0.3 is 6.09 Å². The van der Waals surface area contributed by atoms with Gasteiger partial charge in [-0.25, -0.2) is 4.79 Å². The predicted molar refractivity (Wildman–Crippen MR) is 73.3 cm³/mol. The van der Waals surface area contributed by atoms with Crippen LogP contribution in [-0.2, 0) is 9.53 Å². The third-order valence-corrected chi connectivity index (χ3v) is 1.89. The smallest absolute Gasteiger partial charge is 0.410 e. The molecule has 1 unspecified atom stereocenters. The molecule has 1 atom stereocenters. The average molecular weight is 275 g/mol. The van der Waals surface area contributed by atoms with Crippen molar-refractivity contribution in [2.75, 3.05) is 7.05 Å². The number of carbonyl (C=O) groups is 2. The van der Waals surface area contributed by atoms with E-state index in [4.69, 9.17) is 25.8 Å². The molecular weight excluding hydrogens is 250 g/mol. The molecule has 0 saturated carbocycles. The number of hydrogen-bond acceptors (Lipinski definition) is 4. The highest BCUT2D eigenvalue weighted by Gasteiger charge is 2.25. The van der Waals surface area contributed by atoms with E-state index < -0.39 is 17.7 Å². The van der Waals surface area contributed by atoms with Gasteiger partial charge in [-0.05, 0) is 27.2 Å². The van der Waals surface area contributed by atoms with Crippen LogP contribution in [0.4, 0.5) is 4.79 Å². The second kappa shape index (κ2) is 8.34. The van der Waals surface area contributed by atoms with E-state index in [2.05, 4.69) is 0 Å². The zero-order valence-corrected chi connectivity index (χ0v) is 12.5. The van der Waals surface area contributed by atoms with Crippen molar-refractivity contribution in [3.8, 4) is 0 Å². The summed E-state index contributed by atoms with van der Waals surface area (Å²) in [6.45, 7) is 8.35. The molecule has 0 saturated heterocycles. The van der Waals surface area contributed by atoms with Crippen molar-refractivity contribution >= 4 is 17.9 Å². The van der Waals surface area contributed by atoms with E-state index in [9.17, 15) is 4.79 Å². The molecule has 0 aromatic heterocycles. The number of likely N-dealkylation sites (N-methyl/N-ethyl adjacent to an activating group) is 1. The van der Waals surface area contributed by atoms with Gasteiger partial charge in [-0.2, -0.15) is 0 Å². The molecule has 0 rings (SSSR count). The van der Waals surface area contributed by atoms with Crippen LogP contribution in [0.15, 0.2) is 0 Å². The van der Waals surface area contributed by atoms with Gasteiger partial charge in [0.1, 0.15) is 11.4 Å². The molecule has 0 aromatic rings. The molecule has 1 amide bonds. The highest BCUT2D eigenvalue weighted by Crippen LogP contribution is 2.11.